The van der Waals surface area contributed by atoms with Gasteiger partial charge in [0.05, 0.1) is 62.9 Å². The molecule has 4 saturated carbocycles. The Kier molecular flexibility index (Phi) is 19.8. The van der Waals surface area contributed by atoms with Crippen molar-refractivity contribution in [3.05, 3.63) is 106 Å². The van der Waals surface area contributed by atoms with Crippen LogP contribution >= 0.6 is 22.7 Å². The molecule has 7 N–H and O–H groups in total. The van der Waals surface area contributed by atoms with Crippen molar-refractivity contribution in [1.29, 1.82) is 0 Å². The maximum Gasteiger partial charge on any atom is 0.270 e. The van der Waals surface area contributed by atoms with Gasteiger partial charge in [-0.2, -0.15) is 5.10 Å². The zero-order valence-corrected chi connectivity index (χ0v) is 58.0. The second-order valence-corrected chi connectivity index (χ2v) is 31.7. The highest BCUT2D eigenvalue weighted by Crippen LogP contribution is 2.72. The molecule has 22 heteroatoms. The fourth-order valence-corrected chi connectivity index (χ4v) is 18.7. The van der Waals surface area contributed by atoms with Gasteiger partial charge in [0.15, 0.2) is 16.8 Å². The van der Waals surface area contributed by atoms with E-state index < -0.39 is 23.8 Å². The Morgan fingerprint density at radius 2 is 1.57 bits per heavy atom. The second kappa shape index (κ2) is 27.7. The predicted octanol–water partition coefficient (Wildman–Crippen LogP) is 11.8. The van der Waals surface area contributed by atoms with Crippen LogP contribution in [0.5, 0.6) is 0 Å². The van der Waals surface area contributed by atoms with E-state index in [1.807, 2.05) is 101 Å². The molecule has 5 fully saturated rings. The van der Waals surface area contributed by atoms with Crippen LogP contribution in [-0.4, -0.2) is 138 Å². The average Bonchev–Trinajstić information content (AvgIpc) is 0.995. The van der Waals surface area contributed by atoms with Crippen LogP contribution in [0.3, 0.4) is 0 Å². The van der Waals surface area contributed by atoms with Crippen LogP contribution in [0, 0.1) is 42.4 Å². The first-order valence-corrected chi connectivity index (χ1v) is 35.8. The molecule has 5 aromatic heterocycles. The normalized spacial score (nSPS) is 23.1. The van der Waals surface area contributed by atoms with Gasteiger partial charge in [-0.05, 0) is 181 Å². The van der Waals surface area contributed by atoms with E-state index in [0.717, 1.165) is 124 Å². The number of pyridine rings is 1. The van der Waals surface area contributed by atoms with Gasteiger partial charge < -0.3 is 46.0 Å². The number of carbonyl (C=O) groups is 3. The van der Waals surface area contributed by atoms with Gasteiger partial charge >= 0.3 is 0 Å². The van der Waals surface area contributed by atoms with E-state index in [0.29, 0.717) is 48.9 Å². The van der Waals surface area contributed by atoms with E-state index in [-0.39, 0.29) is 77.1 Å². The topological polar surface area (TPSA) is 250 Å². The van der Waals surface area contributed by atoms with Gasteiger partial charge in [-0.3, -0.25) is 24.4 Å². The summed E-state index contributed by atoms with van der Waals surface area (Å²) in [6.45, 7) is 24.8. The number of hydrogen-bond donors (Lipinski definition) is 7. The molecule has 2 aromatic carbocycles. The Balaban J connectivity index is 0.692. The molecular formula is C72H96N14O6S2. The van der Waals surface area contributed by atoms with Crippen LogP contribution in [0.15, 0.2) is 72.4 Å². The molecule has 2 aliphatic heterocycles. The molecule has 7 heterocycles. The number of aryl methyl sites for hydroxylation is 1. The molecule has 0 radical (unpaired) electrons. The van der Waals surface area contributed by atoms with Crippen molar-refractivity contribution in [1.82, 2.24) is 61.1 Å². The number of anilines is 4. The van der Waals surface area contributed by atoms with Gasteiger partial charge in [-0.15, -0.1) is 21.5 Å². The van der Waals surface area contributed by atoms with E-state index in [1.54, 1.807) is 22.7 Å². The van der Waals surface area contributed by atoms with E-state index in [1.165, 1.54) is 32.4 Å². The highest BCUT2D eigenvalue weighted by atomic mass is 32.1. The van der Waals surface area contributed by atoms with Gasteiger partial charge in [0.2, 0.25) is 11.8 Å². The molecule has 3 amide bonds. The molecule has 1 saturated heterocycles. The minimum Gasteiger partial charge on any atom is -0.392 e. The zero-order chi connectivity index (χ0) is 66.2. The molecule has 7 aromatic rings. The van der Waals surface area contributed by atoms with Crippen molar-refractivity contribution in [3.8, 4) is 21.6 Å². The fourth-order valence-electron chi connectivity index (χ4n) is 17.1. The van der Waals surface area contributed by atoms with E-state index in [4.69, 9.17) is 30.0 Å². The molecule has 4 aliphatic carbocycles. The van der Waals surface area contributed by atoms with Crippen molar-refractivity contribution in [2.24, 2.45) is 21.7 Å². The summed E-state index contributed by atoms with van der Waals surface area (Å²) in [6, 6.07) is 19.2. The molecule has 20 nitrogen and oxygen atoms in total. The minimum atomic E-state index is -1.18. The molecule has 0 spiro atoms. The molecule has 13 rings (SSSR count). The van der Waals surface area contributed by atoms with Crippen LogP contribution in [0.4, 0.5) is 22.6 Å². The molecule has 6 aliphatic rings. The lowest BCUT2D eigenvalue weighted by Gasteiger charge is -2.69. The fraction of sp³-hybridized carbons (Fsp3) is 0.569. The number of ether oxygens (including phenoxy) is 1. The van der Waals surface area contributed by atoms with Gasteiger partial charge in [0.1, 0.15) is 17.7 Å². The molecular weight excluding hydrogens is 1220 g/mol. The van der Waals surface area contributed by atoms with Crippen molar-refractivity contribution < 1.29 is 29.3 Å². The maximum absolute atomic E-state index is 14.9. The number of nitrogens with zero attached hydrogens (tertiary/aromatic N) is 9. The van der Waals surface area contributed by atoms with Crippen LogP contribution < -0.4 is 31.5 Å². The quantitative estimate of drug-likeness (QED) is 0.0187. The first-order chi connectivity index (χ1) is 44.9. The largest absolute Gasteiger partial charge is 0.392 e. The zero-order valence-electron chi connectivity index (χ0n) is 56.4. The third-order valence-corrected chi connectivity index (χ3v) is 22.5. The number of hydrogen-bond acceptors (Lipinski definition) is 18. The summed E-state index contributed by atoms with van der Waals surface area (Å²) in [5, 5.41) is 53.4. The van der Waals surface area contributed by atoms with Gasteiger partial charge in [-0.25, -0.2) is 15.0 Å². The van der Waals surface area contributed by atoms with Crippen LogP contribution in [-0.2, 0) is 27.3 Å². The molecule has 502 valence electrons. The first kappa shape index (κ1) is 67.2. The van der Waals surface area contributed by atoms with Crippen LogP contribution in [0.1, 0.15) is 176 Å². The van der Waals surface area contributed by atoms with E-state index >= 15 is 0 Å². The summed E-state index contributed by atoms with van der Waals surface area (Å²) in [6.07, 6.45) is 12.2. The standard InChI is InChI=1S/C72H96N14O6S2/c1-45-52-17-16-32-85(64(52)83-82-63(45)81-67-78-55-18-10-11-19-56(55)94-67)57-27-26-53(54-36-76-86(48(54)4)43-71-38-69(8)37-70(9,39-71)41-72(40-69,42-71)92-34-33-84-30-14-15-31-84)60(79-57)65(90)73-29-13-12-20-58(88)80-62(68(5,6)7)66(91)74-35-51(87)25-28-59(89)77-46(2)49-21-23-50(24-22-49)61-47(3)75-44-93-61/h10-11,18-19,21-24,26-27,36,44,46,51,62,66,74,87,91H,12-17,20,25,28-35,37-43H2,1-9H3,(H,73,90)(H,77,89)(H,80,88)(H,78,81,82)/t46-,51+,62+,66?,69?,70?,71?,72?/m0/s1. The van der Waals surface area contributed by atoms with E-state index in [2.05, 4.69) is 79.8 Å². The number of rotatable bonds is 27. The lowest BCUT2D eigenvalue weighted by molar-refractivity contribution is -0.248. The number of nitrogens with one attached hydrogen (secondary N) is 5. The summed E-state index contributed by atoms with van der Waals surface area (Å²) in [4.78, 5) is 61.6. The van der Waals surface area contributed by atoms with Crippen molar-refractivity contribution in [3.63, 3.8) is 0 Å². The summed E-state index contributed by atoms with van der Waals surface area (Å²) in [5.74, 6) is 1.20. The summed E-state index contributed by atoms with van der Waals surface area (Å²) in [5.41, 5.74) is 10.4. The number of benzene rings is 2. The number of aliphatic hydroxyl groups is 2. The number of aliphatic hydroxyl groups excluding tert-OH is 2. The summed E-state index contributed by atoms with van der Waals surface area (Å²) >= 11 is 3.17. The summed E-state index contributed by atoms with van der Waals surface area (Å²) < 4.78 is 10.4. The highest BCUT2D eigenvalue weighted by molar-refractivity contribution is 7.22. The number of amides is 3. The number of para-hydroxylation sites is 1. The molecule has 4 bridgehead atoms. The Hall–Kier alpha value is -6.79. The SMILES string of the molecule is Cc1ncsc1-c1ccc([C@H](C)NC(=O)CC[C@@H](O)CNC(O)[C@@H](NC(=O)CCCCNC(=O)c2nc(N3CCCc4c3nnc(Nc3nc5ccccc5s3)c4C)ccc2-c2cnn(CC34CC5(C)CC(C)(C3)CC(OCCN3CCCC3)(C5)C4)c2C)C(C)(C)C)cc1. The van der Waals surface area contributed by atoms with Crippen molar-refractivity contribution >= 4 is 73.2 Å². The highest BCUT2D eigenvalue weighted by Gasteiger charge is 2.66. The second-order valence-electron chi connectivity index (χ2n) is 29.8. The molecule has 3 unspecified atom stereocenters. The Morgan fingerprint density at radius 1 is 0.819 bits per heavy atom. The Bertz CT molecular complexity index is 3800. The van der Waals surface area contributed by atoms with Gasteiger partial charge in [0.25, 0.3) is 5.91 Å². The molecule has 94 heavy (non-hydrogen) atoms. The lowest BCUT2D eigenvalue weighted by atomic mass is 9.39. The Morgan fingerprint density at radius 3 is 2.31 bits per heavy atom. The number of aromatic nitrogens is 7. The number of unbranched alkanes of at least 4 members (excludes halogenated alkanes) is 1. The number of fused-ring (bicyclic) bond motifs is 2. The lowest BCUT2D eigenvalue weighted by Crippen LogP contribution is -2.64. The minimum absolute atomic E-state index is 0.0193. The van der Waals surface area contributed by atoms with Crippen LogP contribution in [0.2, 0.25) is 0 Å². The first-order valence-electron chi connectivity index (χ1n) is 34.1. The average molecular weight is 1320 g/mol. The van der Waals surface area contributed by atoms with Crippen molar-refractivity contribution in [2.75, 3.05) is 56.1 Å². The van der Waals surface area contributed by atoms with Crippen LogP contribution in [0.25, 0.3) is 31.8 Å². The van der Waals surface area contributed by atoms with Gasteiger partial charge in [0, 0.05) is 73.5 Å². The number of carbonyl (C=O) groups excluding carboxylic acids is 3. The van der Waals surface area contributed by atoms with Crippen molar-refractivity contribution in [2.45, 2.75) is 195 Å². The Labute approximate surface area is 561 Å². The maximum atomic E-state index is 14.9. The van der Waals surface area contributed by atoms with E-state index in [9.17, 15) is 24.6 Å². The number of likely N-dealkylation sites (tertiary alicyclic amines) is 1. The third kappa shape index (κ3) is 15.1. The molecule has 6 atom stereocenters. The smallest absolute Gasteiger partial charge is 0.270 e. The third-order valence-electron chi connectivity index (χ3n) is 20.6. The van der Waals surface area contributed by atoms with Gasteiger partial charge in [-0.1, -0.05) is 82.4 Å². The predicted molar refractivity (Wildman–Crippen MR) is 372 cm³/mol. The monoisotopic (exact) mass is 1320 g/mol. The summed E-state index contributed by atoms with van der Waals surface area (Å²) in [7, 11) is 0. The number of thiazole rings is 2.